The molecule has 2 N–H and O–H groups in total. The van der Waals surface area contributed by atoms with Crippen molar-refractivity contribution in [3.63, 3.8) is 0 Å². The van der Waals surface area contributed by atoms with Crippen LogP contribution in [0.4, 0.5) is 14.5 Å². The van der Waals surface area contributed by atoms with Crippen molar-refractivity contribution in [2.45, 2.75) is 18.3 Å². The van der Waals surface area contributed by atoms with E-state index in [2.05, 4.69) is 10.6 Å². The van der Waals surface area contributed by atoms with Gasteiger partial charge in [0.1, 0.15) is 11.6 Å². The summed E-state index contributed by atoms with van der Waals surface area (Å²) in [5, 5.41) is 6.11. The number of nitrogens with one attached hydrogen (secondary N) is 2. The third kappa shape index (κ3) is 2.01. The van der Waals surface area contributed by atoms with Crippen molar-refractivity contribution in [2.24, 2.45) is 0 Å². The normalized spacial score (nSPS) is 25.2. The van der Waals surface area contributed by atoms with Crippen LogP contribution in [0, 0.1) is 18.6 Å². The first-order chi connectivity index (χ1) is 11.4. The van der Waals surface area contributed by atoms with Crippen molar-refractivity contribution in [1.29, 1.82) is 0 Å². The zero-order chi connectivity index (χ0) is 17.1. The van der Waals surface area contributed by atoms with Crippen molar-refractivity contribution in [2.75, 3.05) is 18.4 Å². The molecule has 3 nitrogen and oxygen atoms in total. The molecule has 124 valence electrons. The van der Waals surface area contributed by atoms with E-state index in [1.54, 1.807) is 25.1 Å². The van der Waals surface area contributed by atoms with Crippen molar-refractivity contribution < 1.29 is 13.6 Å². The average molecular weight is 349 g/mol. The molecule has 24 heavy (non-hydrogen) atoms. The molecular formula is C18H15ClF2N2O. The monoisotopic (exact) mass is 348 g/mol. The van der Waals surface area contributed by atoms with Crippen LogP contribution < -0.4 is 10.6 Å². The van der Waals surface area contributed by atoms with Crippen molar-refractivity contribution >= 4 is 23.2 Å². The zero-order valence-corrected chi connectivity index (χ0v) is 13.7. The van der Waals surface area contributed by atoms with Gasteiger partial charge in [-0.2, -0.15) is 0 Å². The van der Waals surface area contributed by atoms with Crippen LogP contribution in [0.5, 0.6) is 0 Å². The Balaban J connectivity index is 1.89. The Morgan fingerprint density at radius 3 is 2.75 bits per heavy atom. The van der Waals surface area contributed by atoms with Gasteiger partial charge in [0.05, 0.1) is 10.4 Å². The minimum absolute atomic E-state index is 0.0169. The summed E-state index contributed by atoms with van der Waals surface area (Å²) in [6.07, 6.45) is 0. The van der Waals surface area contributed by atoms with Crippen LogP contribution in [-0.4, -0.2) is 19.0 Å². The fourth-order valence-corrected chi connectivity index (χ4v) is 4.06. The van der Waals surface area contributed by atoms with Crippen molar-refractivity contribution in [1.82, 2.24) is 5.32 Å². The minimum atomic E-state index is -0.912. The molecule has 2 unspecified atom stereocenters. The predicted molar refractivity (Wildman–Crippen MR) is 88.5 cm³/mol. The second kappa shape index (κ2) is 5.26. The molecule has 2 aliphatic rings. The van der Waals surface area contributed by atoms with E-state index >= 15 is 0 Å². The van der Waals surface area contributed by atoms with Gasteiger partial charge < -0.3 is 10.6 Å². The van der Waals surface area contributed by atoms with E-state index in [9.17, 15) is 13.6 Å². The molecule has 2 heterocycles. The zero-order valence-electron chi connectivity index (χ0n) is 12.9. The Labute approximate surface area is 143 Å². The van der Waals surface area contributed by atoms with Gasteiger partial charge >= 0.3 is 0 Å². The maximum atomic E-state index is 14.2. The average Bonchev–Trinajstić information content (AvgIpc) is 3.08. The Bertz CT molecular complexity index is 870. The minimum Gasteiger partial charge on any atom is -0.325 e. The molecule has 0 aliphatic carbocycles. The summed E-state index contributed by atoms with van der Waals surface area (Å²) < 4.78 is 27.6. The summed E-state index contributed by atoms with van der Waals surface area (Å²) in [6.45, 7) is 2.59. The first-order valence-corrected chi connectivity index (χ1v) is 8.09. The van der Waals surface area contributed by atoms with Gasteiger partial charge in [0.25, 0.3) is 0 Å². The van der Waals surface area contributed by atoms with Gasteiger partial charge in [-0.1, -0.05) is 17.7 Å². The van der Waals surface area contributed by atoms with Crippen LogP contribution >= 0.6 is 11.6 Å². The summed E-state index contributed by atoms with van der Waals surface area (Å²) in [4.78, 5) is 12.8. The van der Waals surface area contributed by atoms with Gasteiger partial charge in [0.15, 0.2) is 0 Å². The topological polar surface area (TPSA) is 41.1 Å². The number of aryl methyl sites for hydroxylation is 1. The van der Waals surface area contributed by atoms with Gasteiger partial charge in [-0.05, 0) is 47.9 Å². The van der Waals surface area contributed by atoms with E-state index in [-0.39, 0.29) is 22.7 Å². The lowest BCUT2D eigenvalue weighted by molar-refractivity contribution is -0.120. The maximum absolute atomic E-state index is 14.2. The van der Waals surface area contributed by atoms with Crippen molar-refractivity contribution in [3.05, 3.63) is 63.7 Å². The Hall–Kier alpha value is -1.98. The van der Waals surface area contributed by atoms with Gasteiger partial charge in [0, 0.05) is 24.7 Å². The number of carbonyl (C=O) groups is 1. The van der Waals surface area contributed by atoms with Gasteiger partial charge in [-0.3, -0.25) is 4.79 Å². The Morgan fingerprint density at radius 2 is 2.00 bits per heavy atom. The smallest absolute Gasteiger partial charge is 0.237 e. The number of anilines is 1. The molecule has 6 heteroatoms. The van der Waals surface area contributed by atoms with Crippen LogP contribution in [0.3, 0.4) is 0 Å². The van der Waals surface area contributed by atoms with Crippen LogP contribution in [-0.2, 0) is 10.2 Å². The third-order valence-corrected chi connectivity index (χ3v) is 5.42. The summed E-state index contributed by atoms with van der Waals surface area (Å²) in [5.74, 6) is -1.26. The van der Waals surface area contributed by atoms with E-state index in [1.165, 1.54) is 12.1 Å². The highest BCUT2D eigenvalue weighted by molar-refractivity contribution is 6.30. The molecule has 1 fully saturated rings. The van der Waals surface area contributed by atoms with Crippen LogP contribution in [0.25, 0.3) is 0 Å². The predicted octanol–water partition coefficient (Wildman–Crippen LogP) is 3.50. The number of rotatable bonds is 1. The number of halogens is 3. The lowest BCUT2D eigenvalue weighted by atomic mass is 9.70. The van der Waals surface area contributed by atoms with Crippen LogP contribution in [0.15, 0.2) is 30.3 Å². The van der Waals surface area contributed by atoms with Crippen LogP contribution in [0.1, 0.15) is 22.6 Å². The summed E-state index contributed by atoms with van der Waals surface area (Å²) in [7, 11) is 0. The van der Waals surface area contributed by atoms with E-state index < -0.39 is 11.2 Å². The summed E-state index contributed by atoms with van der Waals surface area (Å²) >= 11 is 5.91. The molecule has 2 aromatic rings. The molecule has 4 rings (SSSR count). The maximum Gasteiger partial charge on any atom is 0.237 e. The fraction of sp³-hybridized carbons (Fsp3) is 0.278. The number of fused-ring (bicyclic) bond motifs is 2. The van der Waals surface area contributed by atoms with Gasteiger partial charge in [-0.25, -0.2) is 8.78 Å². The molecule has 2 aliphatic heterocycles. The molecular weight excluding hydrogens is 334 g/mol. The fourth-order valence-electron chi connectivity index (χ4n) is 3.87. The van der Waals surface area contributed by atoms with E-state index in [0.717, 1.165) is 5.56 Å². The highest BCUT2D eigenvalue weighted by Gasteiger charge is 2.55. The van der Waals surface area contributed by atoms with E-state index in [4.69, 9.17) is 11.6 Å². The highest BCUT2D eigenvalue weighted by atomic mass is 35.5. The molecule has 2 aromatic carbocycles. The number of hydrogen-bond donors (Lipinski definition) is 2. The molecule has 1 saturated heterocycles. The summed E-state index contributed by atoms with van der Waals surface area (Å²) in [5.41, 5.74) is 1.62. The molecule has 1 amide bonds. The molecule has 2 atom stereocenters. The van der Waals surface area contributed by atoms with Gasteiger partial charge in [-0.15, -0.1) is 0 Å². The molecule has 0 radical (unpaired) electrons. The molecule has 1 spiro atoms. The standard InChI is InChI=1S/C18H15ClF2N2O/c1-9-4-16-11(6-15(9)21)18(17(24)23-16)8-22-7-12(18)10-2-3-14(20)13(19)5-10/h2-6,12,22H,7-8H2,1H3,(H,23,24). The van der Waals surface area contributed by atoms with E-state index in [1.807, 2.05) is 0 Å². The highest BCUT2D eigenvalue weighted by Crippen LogP contribution is 2.50. The molecule has 0 saturated carbocycles. The summed E-state index contributed by atoms with van der Waals surface area (Å²) in [6, 6.07) is 7.58. The lowest BCUT2D eigenvalue weighted by Crippen LogP contribution is -2.41. The number of benzene rings is 2. The SMILES string of the molecule is Cc1cc2c(cc1F)C1(CNCC1c1ccc(F)c(Cl)c1)C(=O)N2. The van der Waals surface area contributed by atoms with Crippen molar-refractivity contribution in [3.8, 4) is 0 Å². The second-order valence-electron chi connectivity index (χ2n) is 6.43. The lowest BCUT2D eigenvalue weighted by Gasteiger charge is -2.29. The third-order valence-electron chi connectivity index (χ3n) is 5.13. The van der Waals surface area contributed by atoms with Crippen LogP contribution in [0.2, 0.25) is 5.02 Å². The number of carbonyl (C=O) groups excluding carboxylic acids is 1. The Morgan fingerprint density at radius 1 is 1.21 bits per heavy atom. The second-order valence-corrected chi connectivity index (χ2v) is 6.84. The first kappa shape index (κ1) is 15.5. The molecule has 0 aromatic heterocycles. The number of amides is 1. The first-order valence-electron chi connectivity index (χ1n) is 7.71. The van der Waals surface area contributed by atoms with Gasteiger partial charge in [0.2, 0.25) is 5.91 Å². The Kier molecular flexibility index (Phi) is 3.41. The van der Waals surface area contributed by atoms with E-state index in [0.29, 0.717) is 29.9 Å². The molecule has 0 bridgehead atoms. The largest absolute Gasteiger partial charge is 0.325 e. The quantitative estimate of drug-likeness (QED) is 0.828. The number of hydrogen-bond acceptors (Lipinski definition) is 2.